The van der Waals surface area contributed by atoms with Crippen molar-refractivity contribution in [2.45, 2.75) is 51.0 Å². The summed E-state index contributed by atoms with van der Waals surface area (Å²) in [6, 6.07) is 95.2. The SMILES string of the molecule is CC1(C)c2ccccc2N2c3ccc(-c4ccc(N(c5ccc6ccccc6c5)c5ccc6ccccc6c5)cc4)cc3C(C)(C)c3cc(-c4ccc(N(c5ccc6ccccc6c5)C5C=c6ccccc6=CC5)cc4)cc1c32. The normalized spacial score (nSPS) is 15.3. The van der Waals surface area contributed by atoms with Crippen LogP contribution in [0.1, 0.15) is 56.4 Å². The molecule has 2 heterocycles. The van der Waals surface area contributed by atoms with Crippen LogP contribution < -0.4 is 25.1 Å². The third-order valence-corrected chi connectivity index (χ3v) is 17.6. The van der Waals surface area contributed by atoms with Crippen LogP contribution in [0.3, 0.4) is 0 Å². The Morgan fingerprint density at radius 2 is 0.785 bits per heavy atom. The zero-order valence-corrected chi connectivity index (χ0v) is 45.0. The summed E-state index contributed by atoms with van der Waals surface area (Å²) in [7, 11) is 0. The van der Waals surface area contributed by atoms with Crippen LogP contribution in [0.5, 0.6) is 0 Å². The van der Waals surface area contributed by atoms with Gasteiger partial charge in [-0.3, -0.25) is 0 Å². The van der Waals surface area contributed by atoms with E-state index >= 15 is 0 Å². The molecule has 2 aliphatic heterocycles. The molecule has 12 aromatic rings. The Hall–Kier alpha value is -9.44. The van der Waals surface area contributed by atoms with Crippen molar-refractivity contribution in [3.05, 3.63) is 287 Å². The van der Waals surface area contributed by atoms with E-state index in [2.05, 4.69) is 309 Å². The molecule has 0 amide bonds. The Morgan fingerprint density at radius 1 is 0.342 bits per heavy atom. The number of rotatable bonds is 8. The van der Waals surface area contributed by atoms with Gasteiger partial charge >= 0.3 is 0 Å². The highest BCUT2D eigenvalue weighted by Crippen LogP contribution is 2.61. The van der Waals surface area contributed by atoms with E-state index in [-0.39, 0.29) is 16.9 Å². The summed E-state index contributed by atoms with van der Waals surface area (Å²) in [5, 5.41) is 9.99. The third kappa shape index (κ3) is 7.70. The number of fused-ring (bicyclic) bond motifs is 8. The number of anilines is 8. The maximum absolute atomic E-state index is 2.58. The average molecular weight is 1010 g/mol. The fraction of sp³-hybridized carbons (Fsp3) is 0.105. The van der Waals surface area contributed by atoms with Gasteiger partial charge in [0.15, 0.2) is 0 Å². The molecule has 378 valence electrons. The molecule has 1 aliphatic carbocycles. The largest absolute Gasteiger partial charge is 0.334 e. The van der Waals surface area contributed by atoms with Gasteiger partial charge in [0.05, 0.1) is 23.1 Å². The van der Waals surface area contributed by atoms with Gasteiger partial charge in [0.1, 0.15) is 0 Å². The van der Waals surface area contributed by atoms with E-state index in [1.807, 2.05) is 0 Å². The first-order chi connectivity index (χ1) is 38.6. The number of benzene rings is 12. The Balaban J connectivity index is 0.823. The van der Waals surface area contributed by atoms with E-state index in [0.29, 0.717) is 0 Å². The number of hydrogen-bond donors (Lipinski definition) is 0. The van der Waals surface area contributed by atoms with Crippen molar-refractivity contribution in [3.8, 4) is 22.3 Å². The fourth-order valence-corrected chi connectivity index (χ4v) is 13.4. The molecule has 1 unspecified atom stereocenters. The van der Waals surface area contributed by atoms with Crippen LogP contribution in [0.4, 0.5) is 45.5 Å². The van der Waals surface area contributed by atoms with Gasteiger partial charge in [-0.15, -0.1) is 0 Å². The molecular formula is C76H59N3. The molecule has 0 N–H and O–H groups in total. The first-order valence-corrected chi connectivity index (χ1v) is 27.9. The lowest BCUT2D eigenvalue weighted by Crippen LogP contribution is -2.38. The van der Waals surface area contributed by atoms with Crippen LogP contribution in [0.15, 0.2) is 255 Å². The molecule has 1 atom stereocenters. The highest BCUT2D eigenvalue weighted by atomic mass is 15.2. The molecule has 3 aliphatic rings. The highest BCUT2D eigenvalue weighted by Gasteiger charge is 2.46. The summed E-state index contributed by atoms with van der Waals surface area (Å²) in [6.07, 6.45) is 5.78. The molecule has 0 bridgehead atoms. The van der Waals surface area contributed by atoms with Crippen molar-refractivity contribution < 1.29 is 0 Å². The van der Waals surface area contributed by atoms with Crippen LogP contribution in [-0.4, -0.2) is 6.04 Å². The summed E-state index contributed by atoms with van der Waals surface area (Å²) in [5.41, 5.74) is 19.2. The molecule has 0 spiro atoms. The van der Waals surface area contributed by atoms with Gasteiger partial charge in [-0.05, 0) is 185 Å². The minimum absolute atomic E-state index is 0.158. The van der Waals surface area contributed by atoms with Crippen molar-refractivity contribution in [2.24, 2.45) is 0 Å². The minimum Gasteiger partial charge on any atom is -0.334 e. The van der Waals surface area contributed by atoms with Crippen molar-refractivity contribution in [2.75, 3.05) is 14.7 Å². The lowest BCUT2D eigenvalue weighted by atomic mass is 9.65. The van der Waals surface area contributed by atoms with Crippen molar-refractivity contribution in [1.29, 1.82) is 0 Å². The quantitative estimate of drug-likeness (QED) is 0.150. The lowest BCUT2D eigenvalue weighted by molar-refractivity contribution is 0.598. The maximum Gasteiger partial charge on any atom is 0.0566 e. The van der Waals surface area contributed by atoms with Gasteiger partial charge in [0.2, 0.25) is 0 Å². The molecule has 0 saturated carbocycles. The van der Waals surface area contributed by atoms with E-state index in [1.54, 1.807) is 0 Å². The fourth-order valence-electron chi connectivity index (χ4n) is 13.4. The second-order valence-electron chi connectivity index (χ2n) is 23.0. The monoisotopic (exact) mass is 1010 g/mol. The average Bonchev–Trinajstić information content (AvgIpc) is 3.06. The van der Waals surface area contributed by atoms with Gasteiger partial charge < -0.3 is 14.7 Å². The van der Waals surface area contributed by atoms with Crippen LogP contribution in [0.2, 0.25) is 0 Å². The standard InChI is InChI=1S/C76H59N3/c1-75(2)68-23-13-14-24-72(68)79-73-42-33-60(54-25-34-62(35-26-54)77(64-38-29-50-15-5-9-19-56(50)43-64)65-39-30-51-16-6-10-20-57(51)44-65)47-69(73)76(3,4)71-49-61(48-70(75)74(71)79)55-27-36-63(37-28-55)78(66-40-31-52-17-7-11-21-58(52)45-66)67-41-32-53-18-8-12-22-59(53)46-67/h5-40,42-49,67H,41H2,1-4H3. The summed E-state index contributed by atoms with van der Waals surface area (Å²) >= 11 is 0. The third-order valence-electron chi connectivity index (χ3n) is 17.6. The first-order valence-electron chi connectivity index (χ1n) is 27.9. The summed E-state index contributed by atoms with van der Waals surface area (Å²) in [6.45, 7) is 9.71. The molecule has 0 aromatic heterocycles. The molecule has 0 radical (unpaired) electrons. The zero-order chi connectivity index (χ0) is 53.0. The molecule has 0 saturated heterocycles. The van der Waals surface area contributed by atoms with E-state index < -0.39 is 0 Å². The predicted octanol–water partition coefficient (Wildman–Crippen LogP) is 18.9. The maximum atomic E-state index is 2.58. The van der Waals surface area contributed by atoms with Gasteiger partial charge in [0.25, 0.3) is 0 Å². The van der Waals surface area contributed by atoms with Crippen LogP contribution in [0, 0.1) is 0 Å². The van der Waals surface area contributed by atoms with Crippen molar-refractivity contribution in [1.82, 2.24) is 0 Å². The van der Waals surface area contributed by atoms with Gasteiger partial charge in [-0.25, -0.2) is 0 Å². The second-order valence-corrected chi connectivity index (χ2v) is 23.0. The molecule has 0 fully saturated rings. The highest BCUT2D eigenvalue weighted by molar-refractivity contribution is 5.97. The zero-order valence-electron chi connectivity index (χ0n) is 45.0. The van der Waals surface area contributed by atoms with Crippen LogP contribution in [-0.2, 0) is 10.8 Å². The van der Waals surface area contributed by atoms with E-state index in [0.717, 1.165) is 23.5 Å². The first kappa shape index (κ1) is 46.8. The van der Waals surface area contributed by atoms with E-state index in [9.17, 15) is 0 Å². The second kappa shape index (κ2) is 18.1. The van der Waals surface area contributed by atoms with Crippen molar-refractivity contribution in [3.63, 3.8) is 0 Å². The summed E-state index contributed by atoms with van der Waals surface area (Å²) < 4.78 is 0. The van der Waals surface area contributed by atoms with Crippen molar-refractivity contribution >= 4 is 90.0 Å². The van der Waals surface area contributed by atoms with Crippen LogP contribution in [0.25, 0.3) is 66.7 Å². The van der Waals surface area contributed by atoms with Gasteiger partial charge in [-0.1, -0.05) is 204 Å². The molecular weight excluding hydrogens is 955 g/mol. The van der Waals surface area contributed by atoms with Crippen LogP contribution >= 0.6 is 0 Å². The molecule has 79 heavy (non-hydrogen) atoms. The number of nitrogens with zero attached hydrogens (tertiary/aromatic N) is 3. The Morgan fingerprint density at radius 3 is 1.41 bits per heavy atom. The van der Waals surface area contributed by atoms with E-state index in [1.165, 1.54) is 116 Å². The lowest BCUT2D eigenvalue weighted by Gasteiger charge is -2.50. The summed E-state index contributed by atoms with van der Waals surface area (Å²) in [5.74, 6) is 0. The number of para-hydroxylation sites is 1. The summed E-state index contributed by atoms with van der Waals surface area (Å²) in [4.78, 5) is 7.50. The van der Waals surface area contributed by atoms with Gasteiger partial charge in [0, 0.05) is 39.3 Å². The Bertz CT molecular complexity index is 4470. The Labute approximate surface area is 462 Å². The van der Waals surface area contributed by atoms with Gasteiger partial charge in [-0.2, -0.15) is 0 Å². The Kier molecular flexibility index (Phi) is 10.7. The molecule has 15 rings (SSSR count). The smallest absolute Gasteiger partial charge is 0.0566 e. The molecule has 3 heteroatoms. The topological polar surface area (TPSA) is 9.72 Å². The predicted molar refractivity (Wildman–Crippen MR) is 335 cm³/mol. The number of hydrogen-bond acceptors (Lipinski definition) is 3. The molecule has 3 nitrogen and oxygen atoms in total. The minimum atomic E-state index is -0.330. The molecule has 12 aromatic carbocycles. The van der Waals surface area contributed by atoms with E-state index in [4.69, 9.17) is 0 Å².